The number of rotatable bonds is 6. The molecule has 8 heteroatoms. The molecule has 0 unspecified atom stereocenters. The molecule has 1 heterocycles. The van der Waals surface area contributed by atoms with Crippen LogP contribution in [0.25, 0.3) is 0 Å². The number of fused-ring (bicyclic) bond motifs is 1. The third-order valence-electron chi connectivity index (χ3n) is 6.05. The van der Waals surface area contributed by atoms with Gasteiger partial charge in [0.15, 0.2) is 11.5 Å². The number of anilines is 1. The quantitative estimate of drug-likeness (QED) is 0.497. The Morgan fingerprint density at radius 1 is 1.03 bits per heavy atom. The molecular weight excluding hydrogens is 455 g/mol. The standard InChI is InChI=1S/C26H25FN2O4S/c1-29-24(15-9-11-16(34-4)12-10-15)23(25(30)28-20-8-6-5-7-19(20)27)17-13-21(32-2)22(33-3)14-18(17)26(29)31/h5-14,23-24H,1-4H3,(H,28,30)/t23-,24+/m1/s1. The first-order valence-corrected chi connectivity index (χ1v) is 11.8. The van der Waals surface area contributed by atoms with Crippen LogP contribution in [0, 0.1) is 5.82 Å². The number of nitrogens with one attached hydrogen (secondary N) is 1. The lowest BCUT2D eigenvalue weighted by molar-refractivity contribution is -0.119. The highest BCUT2D eigenvalue weighted by Gasteiger charge is 2.43. The van der Waals surface area contributed by atoms with Crippen molar-refractivity contribution in [2.45, 2.75) is 16.9 Å². The number of carbonyl (C=O) groups is 2. The number of amides is 2. The second kappa shape index (κ2) is 9.77. The number of nitrogens with zero attached hydrogens (tertiary/aromatic N) is 1. The van der Waals surface area contributed by atoms with Crippen LogP contribution in [-0.4, -0.2) is 44.2 Å². The molecule has 0 bridgehead atoms. The average Bonchev–Trinajstić information content (AvgIpc) is 2.86. The van der Waals surface area contributed by atoms with Crippen LogP contribution in [0.2, 0.25) is 0 Å². The monoisotopic (exact) mass is 480 g/mol. The fourth-order valence-corrected chi connectivity index (χ4v) is 4.73. The Bertz CT molecular complexity index is 1230. The van der Waals surface area contributed by atoms with Crippen LogP contribution < -0.4 is 14.8 Å². The van der Waals surface area contributed by atoms with Crippen LogP contribution >= 0.6 is 11.8 Å². The van der Waals surface area contributed by atoms with Crippen molar-refractivity contribution in [2.75, 3.05) is 32.8 Å². The number of para-hydroxylation sites is 1. The molecule has 0 aliphatic carbocycles. The molecule has 176 valence electrons. The maximum atomic E-state index is 14.4. The topological polar surface area (TPSA) is 67.9 Å². The Morgan fingerprint density at radius 2 is 1.68 bits per heavy atom. The highest BCUT2D eigenvalue weighted by Crippen LogP contribution is 2.46. The van der Waals surface area contributed by atoms with Crippen LogP contribution in [0.4, 0.5) is 10.1 Å². The molecule has 0 fully saturated rings. The SMILES string of the molecule is COc1cc2c(cc1OC)[C@@H](C(=O)Nc1ccccc1F)[C@H](c1ccc(SC)cc1)N(C)C2=O. The molecule has 0 saturated carbocycles. The molecule has 4 rings (SSSR count). The Hall–Kier alpha value is -3.52. The fourth-order valence-electron chi connectivity index (χ4n) is 4.32. The summed E-state index contributed by atoms with van der Waals surface area (Å²) >= 11 is 1.60. The van der Waals surface area contributed by atoms with E-state index in [-0.39, 0.29) is 11.6 Å². The zero-order chi connectivity index (χ0) is 24.4. The van der Waals surface area contributed by atoms with Gasteiger partial charge in [-0.25, -0.2) is 4.39 Å². The summed E-state index contributed by atoms with van der Waals surface area (Å²) in [7, 11) is 4.65. The summed E-state index contributed by atoms with van der Waals surface area (Å²) in [5.74, 6) is -1.25. The molecule has 0 radical (unpaired) electrons. The summed E-state index contributed by atoms with van der Waals surface area (Å²) in [6.07, 6.45) is 1.98. The van der Waals surface area contributed by atoms with Crippen LogP contribution in [0.15, 0.2) is 65.6 Å². The van der Waals surface area contributed by atoms with E-state index < -0.39 is 23.7 Å². The molecule has 1 aliphatic rings. The highest BCUT2D eigenvalue weighted by atomic mass is 32.2. The second-order valence-electron chi connectivity index (χ2n) is 7.88. The number of benzene rings is 3. The number of methoxy groups -OCH3 is 2. The lowest BCUT2D eigenvalue weighted by atomic mass is 9.79. The van der Waals surface area contributed by atoms with Gasteiger partial charge in [-0.1, -0.05) is 24.3 Å². The summed E-state index contributed by atoms with van der Waals surface area (Å²) in [5, 5.41) is 2.72. The molecular formula is C26H25FN2O4S. The van der Waals surface area contributed by atoms with Crippen molar-refractivity contribution < 1.29 is 23.5 Å². The van der Waals surface area contributed by atoms with Gasteiger partial charge in [-0.3, -0.25) is 9.59 Å². The van der Waals surface area contributed by atoms with E-state index in [2.05, 4.69) is 5.32 Å². The molecule has 1 N–H and O–H groups in total. The van der Waals surface area contributed by atoms with Crippen molar-refractivity contribution in [3.05, 3.63) is 83.2 Å². The summed E-state index contributed by atoms with van der Waals surface area (Å²) in [6, 6.07) is 16.4. The molecule has 34 heavy (non-hydrogen) atoms. The lowest BCUT2D eigenvalue weighted by Crippen LogP contribution is -2.44. The van der Waals surface area contributed by atoms with Crippen molar-refractivity contribution in [1.82, 2.24) is 4.90 Å². The van der Waals surface area contributed by atoms with Crippen LogP contribution in [0.3, 0.4) is 0 Å². The van der Waals surface area contributed by atoms with E-state index in [4.69, 9.17) is 9.47 Å². The van der Waals surface area contributed by atoms with Gasteiger partial charge >= 0.3 is 0 Å². The van der Waals surface area contributed by atoms with Gasteiger partial charge in [0, 0.05) is 17.5 Å². The summed E-state index contributed by atoms with van der Waals surface area (Å²) < 4.78 is 25.2. The van der Waals surface area contributed by atoms with Crippen molar-refractivity contribution in [3.63, 3.8) is 0 Å². The summed E-state index contributed by atoms with van der Waals surface area (Å²) in [6.45, 7) is 0. The van der Waals surface area contributed by atoms with Crippen LogP contribution in [-0.2, 0) is 4.79 Å². The summed E-state index contributed by atoms with van der Waals surface area (Å²) in [5.41, 5.74) is 1.70. The number of halogens is 1. The number of thioether (sulfide) groups is 1. The van der Waals surface area contributed by atoms with Crippen LogP contribution in [0.1, 0.15) is 33.4 Å². The van der Waals surface area contributed by atoms with Gasteiger partial charge in [0.1, 0.15) is 5.82 Å². The predicted octanol–water partition coefficient (Wildman–Crippen LogP) is 5.11. The van der Waals surface area contributed by atoms with Crippen molar-refractivity contribution >= 4 is 29.3 Å². The zero-order valence-electron chi connectivity index (χ0n) is 19.3. The molecule has 1 aliphatic heterocycles. The van der Waals surface area contributed by atoms with E-state index in [0.717, 1.165) is 10.5 Å². The normalized spacial score (nSPS) is 17.2. The van der Waals surface area contributed by atoms with E-state index in [1.807, 2.05) is 30.5 Å². The van der Waals surface area contributed by atoms with Crippen molar-refractivity contribution in [1.29, 1.82) is 0 Å². The molecule has 0 spiro atoms. The van der Waals surface area contributed by atoms with Gasteiger partial charge in [0.2, 0.25) is 5.91 Å². The summed E-state index contributed by atoms with van der Waals surface area (Å²) in [4.78, 5) is 29.7. The molecule has 3 aromatic carbocycles. The predicted molar refractivity (Wildman–Crippen MR) is 130 cm³/mol. The molecule has 0 saturated heterocycles. The Balaban J connectivity index is 1.88. The molecule has 2 atom stereocenters. The molecule has 2 amide bonds. The van der Waals surface area contributed by atoms with E-state index in [9.17, 15) is 14.0 Å². The van der Waals surface area contributed by atoms with E-state index >= 15 is 0 Å². The smallest absolute Gasteiger partial charge is 0.254 e. The molecule has 3 aromatic rings. The van der Waals surface area contributed by atoms with Gasteiger partial charge < -0.3 is 19.7 Å². The van der Waals surface area contributed by atoms with Crippen molar-refractivity contribution in [2.24, 2.45) is 0 Å². The first-order valence-electron chi connectivity index (χ1n) is 10.6. The molecule has 0 aromatic heterocycles. The van der Waals surface area contributed by atoms with Gasteiger partial charge in [-0.2, -0.15) is 0 Å². The Labute approximate surface area is 202 Å². The Morgan fingerprint density at radius 3 is 2.29 bits per heavy atom. The third kappa shape index (κ3) is 4.21. The highest BCUT2D eigenvalue weighted by molar-refractivity contribution is 7.98. The number of likely N-dealkylation sites (N-methyl/N-ethyl adjacent to an activating group) is 1. The van der Waals surface area contributed by atoms with E-state index in [0.29, 0.717) is 22.6 Å². The second-order valence-corrected chi connectivity index (χ2v) is 8.75. The van der Waals surface area contributed by atoms with Crippen LogP contribution in [0.5, 0.6) is 11.5 Å². The lowest BCUT2D eigenvalue weighted by Gasteiger charge is -2.40. The zero-order valence-corrected chi connectivity index (χ0v) is 20.1. The van der Waals surface area contributed by atoms with Gasteiger partial charge in [-0.15, -0.1) is 11.8 Å². The minimum Gasteiger partial charge on any atom is -0.493 e. The van der Waals surface area contributed by atoms with Gasteiger partial charge in [0.25, 0.3) is 5.91 Å². The van der Waals surface area contributed by atoms with E-state index in [1.165, 1.54) is 26.4 Å². The Kier molecular flexibility index (Phi) is 6.79. The largest absolute Gasteiger partial charge is 0.493 e. The number of ether oxygens (including phenoxy) is 2. The average molecular weight is 481 g/mol. The van der Waals surface area contributed by atoms with Crippen molar-refractivity contribution in [3.8, 4) is 11.5 Å². The fraction of sp³-hybridized carbons (Fsp3) is 0.231. The van der Waals surface area contributed by atoms with Gasteiger partial charge in [-0.05, 0) is 53.8 Å². The maximum absolute atomic E-state index is 14.4. The minimum atomic E-state index is -0.822. The number of carbonyl (C=O) groups excluding carboxylic acids is 2. The first-order chi connectivity index (χ1) is 16.4. The third-order valence-corrected chi connectivity index (χ3v) is 6.79. The van der Waals surface area contributed by atoms with E-state index in [1.54, 1.807) is 48.0 Å². The number of hydrogen-bond donors (Lipinski definition) is 1. The maximum Gasteiger partial charge on any atom is 0.254 e. The molecule has 6 nitrogen and oxygen atoms in total. The minimum absolute atomic E-state index is 0.0746. The van der Waals surface area contributed by atoms with Gasteiger partial charge in [0.05, 0.1) is 31.9 Å². The number of hydrogen-bond acceptors (Lipinski definition) is 5. The first kappa shape index (κ1) is 23.6.